The summed E-state index contributed by atoms with van der Waals surface area (Å²) in [6, 6.07) is 8.67. The van der Waals surface area contributed by atoms with Crippen molar-refractivity contribution in [2.24, 2.45) is 7.05 Å². The Balaban J connectivity index is 1.77. The van der Waals surface area contributed by atoms with Crippen molar-refractivity contribution in [3.63, 3.8) is 0 Å². The molecule has 0 aliphatic rings. The van der Waals surface area contributed by atoms with E-state index in [1.54, 1.807) is 11.3 Å². The van der Waals surface area contributed by atoms with Crippen LogP contribution in [0.25, 0.3) is 10.1 Å². The van der Waals surface area contributed by atoms with Crippen LogP contribution in [0.5, 0.6) is 0 Å². The van der Waals surface area contributed by atoms with Gasteiger partial charge in [-0.2, -0.15) is 5.10 Å². The SMILES string of the molecule is CCc1nn(C)cc1CNc1ccc2sccc2c1. The summed E-state index contributed by atoms with van der Waals surface area (Å²) < 4.78 is 3.22. The molecule has 3 aromatic rings. The highest BCUT2D eigenvalue weighted by atomic mass is 32.1. The second-order valence-corrected chi connectivity index (χ2v) is 5.60. The van der Waals surface area contributed by atoms with Crippen molar-refractivity contribution in [2.75, 3.05) is 5.32 Å². The van der Waals surface area contributed by atoms with Gasteiger partial charge >= 0.3 is 0 Å². The Kier molecular flexibility index (Phi) is 3.25. The molecule has 0 aliphatic carbocycles. The second kappa shape index (κ2) is 5.05. The van der Waals surface area contributed by atoms with Crippen LogP contribution < -0.4 is 5.32 Å². The zero-order chi connectivity index (χ0) is 13.2. The minimum atomic E-state index is 0.826. The molecular formula is C15H17N3S. The first-order valence-electron chi connectivity index (χ1n) is 6.49. The Bertz CT molecular complexity index is 696. The lowest BCUT2D eigenvalue weighted by Gasteiger charge is -2.06. The fourth-order valence-corrected chi connectivity index (χ4v) is 3.07. The molecule has 0 radical (unpaired) electrons. The van der Waals surface area contributed by atoms with Gasteiger partial charge in [0.05, 0.1) is 5.69 Å². The molecule has 4 heteroatoms. The average Bonchev–Trinajstić information content (AvgIpc) is 3.01. The number of rotatable bonds is 4. The zero-order valence-corrected chi connectivity index (χ0v) is 12.0. The summed E-state index contributed by atoms with van der Waals surface area (Å²) in [5.74, 6) is 0. The standard InChI is InChI=1S/C15H17N3S/c1-3-14-12(10-18(2)17-14)9-16-13-4-5-15-11(8-13)6-7-19-15/h4-8,10,16H,3,9H2,1-2H3. The lowest BCUT2D eigenvalue weighted by Crippen LogP contribution is -2.00. The molecule has 0 spiro atoms. The maximum Gasteiger partial charge on any atom is 0.0671 e. The van der Waals surface area contributed by atoms with Crippen molar-refractivity contribution in [2.45, 2.75) is 19.9 Å². The third-order valence-electron chi connectivity index (χ3n) is 3.26. The van der Waals surface area contributed by atoms with Crippen LogP contribution in [-0.2, 0) is 20.0 Å². The molecule has 0 atom stereocenters. The van der Waals surface area contributed by atoms with Crippen LogP contribution in [0.1, 0.15) is 18.2 Å². The van der Waals surface area contributed by atoms with Crippen molar-refractivity contribution in [3.8, 4) is 0 Å². The van der Waals surface area contributed by atoms with E-state index in [0.717, 1.165) is 18.7 Å². The molecule has 0 bridgehead atoms. The van der Waals surface area contributed by atoms with Gasteiger partial charge in [-0.3, -0.25) is 4.68 Å². The summed E-state index contributed by atoms with van der Waals surface area (Å²) in [7, 11) is 1.97. The molecule has 0 saturated carbocycles. The Hall–Kier alpha value is -1.81. The normalized spacial score (nSPS) is 11.1. The topological polar surface area (TPSA) is 29.9 Å². The van der Waals surface area contributed by atoms with Crippen LogP contribution in [0.15, 0.2) is 35.8 Å². The van der Waals surface area contributed by atoms with Crippen LogP contribution in [0.4, 0.5) is 5.69 Å². The van der Waals surface area contributed by atoms with E-state index in [1.165, 1.54) is 21.3 Å². The highest BCUT2D eigenvalue weighted by molar-refractivity contribution is 7.17. The van der Waals surface area contributed by atoms with Crippen LogP contribution in [0, 0.1) is 0 Å². The highest BCUT2D eigenvalue weighted by Crippen LogP contribution is 2.24. The van der Waals surface area contributed by atoms with Gasteiger partial charge in [-0.15, -0.1) is 11.3 Å². The maximum atomic E-state index is 4.46. The van der Waals surface area contributed by atoms with Gasteiger partial charge in [0.1, 0.15) is 0 Å². The molecule has 3 rings (SSSR count). The number of fused-ring (bicyclic) bond motifs is 1. The summed E-state index contributed by atoms with van der Waals surface area (Å²) in [6.45, 7) is 2.97. The van der Waals surface area contributed by atoms with Gasteiger partial charge in [0.15, 0.2) is 0 Å². The smallest absolute Gasteiger partial charge is 0.0671 e. The lowest BCUT2D eigenvalue weighted by molar-refractivity contribution is 0.746. The summed E-state index contributed by atoms with van der Waals surface area (Å²) in [5, 5.41) is 11.4. The first-order chi connectivity index (χ1) is 9.26. The molecule has 3 nitrogen and oxygen atoms in total. The average molecular weight is 271 g/mol. The predicted octanol–water partition coefficient (Wildman–Crippen LogP) is 3.81. The van der Waals surface area contributed by atoms with E-state index in [4.69, 9.17) is 0 Å². The van der Waals surface area contributed by atoms with Crippen LogP contribution >= 0.6 is 11.3 Å². The molecule has 98 valence electrons. The van der Waals surface area contributed by atoms with E-state index in [-0.39, 0.29) is 0 Å². The molecule has 1 N–H and O–H groups in total. The van der Waals surface area contributed by atoms with E-state index in [0.29, 0.717) is 0 Å². The molecule has 0 aliphatic heterocycles. The number of hydrogen-bond acceptors (Lipinski definition) is 3. The van der Waals surface area contributed by atoms with Crippen LogP contribution in [-0.4, -0.2) is 9.78 Å². The molecule has 2 aromatic heterocycles. The van der Waals surface area contributed by atoms with Gasteiger partial charge in [0.2, 0.25) is 0 Å². The van der Waals surface area contributed by atoms with E-state index in [1.807, 2.05) is 11.7 Å². The molecule has 19 heavy (non-hydrogen) atoms. The Morgan fingerprint density at radius 3 is 3.05 bits per heavy atom. The molecule has 0 fully saturated rings. The summed E-state index contributed by atoms with van der Waals surface area (Å²) in [6.07, 6.45) is 3.07. The van der Waals surface area contributed by atoms with E-state index >= 15 is 0 Å². The highest BCUT2D eigenvalue weighted by Gasteiger charge is 2.05. The van der Waals surface area contributed by atoms with Crippen molar-refractivity contribution in [1.29, 1.82) is 0 Å². The van der Waals surface area contributed by atoms with Gasteiger partial charge in [-0.1, -0.05) is 6.92 Å². The Morgan fingerprint density at radius 2 is 2.21 bits per heavy atom. The number of aromatic nitrogens is 2. The van der Waals surface area contributed by atoms with Gasteiger partial charge in [-0.05, 0) is 41.5 Å². The minimum absolute atomic E-state index is 0.826. The summed E-state index contributed by atoms with van der Waals surface area (Å²) in [5.41, 5.74) is 3.61. The Morgan fingerprint density at radius 1 is 1.32 bits per heavy atom. The second-order valence-electron chi connectivity index (χ2n) is 4.66. The monoisotopic (exact) mass is 271 g/mol. The number of hydrogen-bond donors (Lipinski definition) is 1. The number of nitrogens with one attached hydrogen (secondary N) is 1. The number of nitrogens with zero attached hydrogens (tertiary/aromatic N) is 2. The first-order valence-corrected chi connectivity index (χ1v) is 7.36. The van der Waals surface area contributed by atoms with Gasteiger partial charge in [0, 0.05) is 35.7 Å². The van der Waals surface area contributed by atoms with Gasteiger partial charge in [-0.25, -0.2) is 0 Å². The fraction of sp³-hybridized carbons (Fsp3) is 0.267. The molecule has 0 unspecified atom stereocenters. The number of anilines is 1. The predicted molar refractivity (Wildman–Crippen MR) is 81.7 cm³/mol. The van der Waals surface area contributed by atoms with E-state index < -0.39 is 0 Å². The van der Waals surface area contributed by atoms with Crippen molar-refractivity contribution in [1.82, 2.24) is 9.78 Å². The molecule has 0 saturated heterocycles. The van der Waals surface area contributed by atoms with Crippen LogP contribution in [0.2, 0.25) is 0 Å². The van der Waals surface area contributed by atoms with Gasteiger partial charge < -0.3 is 5.32 Å². The first kappa shape index (κ1) is 12.2. The maximum absolute atomic E-state index is 4.46. The zero-order valence-electron chi connectivity index (χ0n) is 11.2. The van der Waals surface area contributed by atoms with Crippen molar-refractivity contribution >= 4 is 27.1 Å². The third-order valence-corrected chi connectivity index (χ3v) is 4.16. The van der Waals surface area contributed by atoms with Gasteiger partial charge in [0.25, 0.3) is 0 Å². The fourth-order valence-electron chi connectivity index (χ4n) is 2.30. The molecule has 2 heterocycles. The number of benzene rings is 1. The quantitative estimate of drug-likeness (QED) is 0.782. The number of aryl methyl sites for hydroxylation is 2. The van der Waals surface area contributed by atoms with E-state index in [2.05, 4.69) is 53.2 Å². The minimum Gasteiger partial charge on any atom is -0.381 e. The van der Waals surface area contributed by atoms with Crippen LogP contribution in [0.3, 0.4) is 0 Å². The Labute approximate surface area is 116 Å². The number of thiophene rings is 1. The molecular weight excluding hydrogens is 254 g/mol. The summed E-state index contributed by atoms with van der Waals surface area (Å²) >= 11 is 1.78. The lowest BCUT2D eigenvalue weighted by atomic mass is 10.2. The largest absolute Gasteiger partial charge is 0.381 e. The van der Waals surface area contributed by atoms with Crippen molar-refractivity contribution < 1.29 is 0 Å². The van der Waals surface area contributed by atoms with Crippen molar-refractivity contribution in [3.05, 3.63) is 47.1 Å². The third kappa shape index (κ3) is 2.49. The summed E-state index contributed by atoms with van der Waals surface area (Å²) in [4.78, 5) is 0. The molecule has 0 amide bonds. The van der Waals surface area contributed by atoms with E-state index in [9.17, 15) is 0 Å². The molecule has 1 aromatic carbocycles.